The van der Waals surface area contributed by atoms with Crippen molar-refractivity contribution >= 4 is 35.8 Å². The van der Waals surface area contributed by atoms with Gasteiger partial charge in [0.25, 0.3) is 0 Å². The first-order chi connectivity index (χ1) is 13.2. The summed E-state index contributed by atoms with van der Waals surface area (Å²) in [5, 5.41) is 14.5. The van der Waals surface area contributed by atoms with Crippen molar-refractivity contribution in [3.05, 3.63) is 41.9 Å². The van der Waals surface area contributed by atoms with E-state index < -0.39 is 0 Å². The predicted molar refractivity (Wildman–Crippen MR) is 128 cm³/mol. The normalized spacial score (nSPS) is 11.0. The van der Waals surface area contributed by atoms with E-state index in [0.717, 1.165) is 69.5 Å². The van der Waals surface area contributed by atoms with Crippen molar-refractivity contribution in [2.45, 2.75) is 46.6 Å². The van der Waals surface area contributed by atoms with Gasteiger partial charge in [0, 0.05) is 44.6 Å². The summed E-state index contributed by atoms with van der Waals surface area (Å²) >= 11 is 0. The van der Waals surface area contributed by atoms with Crippen LogP contribution in [0.5, 0.6) is 0 Å². The smallest absolute Gasteiger partial charge is 0.191 e. The van der Waals surface area contributed by atoms with Crippen LogP contribution in [0.25, 0.3) is 0 Å². The molecule has 0 bridgehead atoms. The second kappa shape index (κ2) is 14.2. The zero-order valence-corrected chi connectivity index (χ0v) is 19.6. The van der Waals surface area contributed by atoms with Crippen molar-refractivity contribution in [3.63, 3.8) is 0 Å². The van der Waals surface area contributed by atoms with Crippen LogP contribution in [-0.4, -0.2) is 46.9 Å². The maximum Gasteiger partial charge on any atom is 0.191 e. The van der Waals surface area contributed by atoms with E-state index in [1.54, 1.807) is 6.20 Å². The van der Waals surface area contributed by atoms with Crippen LogP contribution in [0.1, 0.15) is 37.6 Å². The van der Waals surface area contributed by atoms with E-state index in [2.05, 4.69) is 55.6 Å². The molecule has 28 heavy (non-hydrogen) atoms. The average molecular weight is 499 g/mol. The number of nitrogens with zero attached hydrogens (tertiary/aromatic N) is 4. The van der Waals surface area contributed by atoms with Crippen molar-refractivity contribution < 1.29 is 0 Å². The minimum atomic E-state index is 0. The maximum atomic E-state index is 4.66. The Balaban J connectivity index is 0.00000392. The molecule has 0 aromatic carbocycles. The number of hydrogen-bond donors (Lipinski definition) is 3. The van der Waals surface area contributed by atoms with Crippen LogP contribution in [0.3, 0.4) is 0 Å². The summed E-state index contributed by atoms with van der Waals surface area (Å²) in [6, 6.07) is 8.01. The van der Waals surface area contributed by atoms with E-state index in [1.807, 2.05) is 25.1 Å². The lowest BCUT2D eigenvalue weighted by molar-refractivity contribution is 0.566. The first-order valence-electron chi connectivity index (χ1n) is 9.87. The molecule has 2 aromatic heterocycles. The molecule has 0 fully saturated rings. The summed E-state index contributed by atoms with van der Waals surface area (Å²) < 4.78 is 2.06. The maximum absolute atomic E-state index is 4.66. The molecule has 0 saturated heterocycles. The van der Waals surface area contributed by atoms with E-state index in [-0.39, 0.29) is 24.0 Å². The van der Waals surface area contributed by atoms with Crippen LogP contribution < -0.4 is 16.0 Å². The van der Waals surface area contributed by atoms with E-state index in [4.69, 9.17) is 0 Å². The Hall–Kier alpha value is -1.84. The molecular weight excluding hydrogens is 465 g/mol. The molecule has 0 aliphatic carbocycles. The Kier molecular flexibility index (Phi) is 12.3. The van der Waals surface area contributed by atoms with Gasteiger partial charge in [0.05, 0.1) is 5.69 Å². The minimum Gasteiger partial charge on any atom is -0.370 e. The molecule has 0 saturated carbocycles. The lowest BCUT2D eigenvalue weighted by atomic mass is 10.3. The van der Waals surface area contributed by atoms with Gasteiger partial charge in [-0.2, -0.15) is 5.10 Å². The van der Waals surface area contributed by atoms with Crippen LogP contribution in [0.2, 0.25) is 0 Å². The fourth-order valence-electron chi connectivity index (χ4n) is 2.79. The number of nitrogens with one attached hydrogen (secondary N) is 3. The van der Waals surface area contributed by atoms with Gasteiger partial charge in [0.2, 0.25) is 0 Å². The van der Waals surface area contributed by atoms with E-state index in [1.165, 1.54) is 5.69 Å². The Morgan fingerprint density at radius 1 is 1.11 bits per heavy atom. The lowest BCUT2D eigenvalue weighted by Crippen LogP contribution is -2.38. The quantitative estimate of drug-likeness (QED) is 0.191. The highest BCUT2D eigenvalue weighted by Gasteiger charge is 2.01. The number of unbranched alkanes of at least 4 members (excludes halogenated alkanes) is 1. The summed E-state index contributed by atoms with van der Waals surface area (Å²) in [6.07, 6.45) is 4.95. The Labute approximate surface area is 185 Å². The second-order valence-corrected chi connectivity index (χ2v) is 6.54. The number of anilines is 1. The van der Waals surface area contributed by atoms with Crippen molar-refractivity contribution in [1.82, 2.24) is 25.4 Å². The zero-order valence-electron chi connectivity index (χ0n) is 17.2. The molecule has 3 N–H and O–H groups in total. The summed E-state index contributed by atoms with van der Waals surface area (Å²) in [6.45, 7) is 10.6. The second-order valence-electron chi connectivity index (χ2n) is 6.54. The van der Waals surface area contributed by atoms with E-state index >= 15 is 0 Å². The van der Waals surface area contributed by atoms with Gasteiger partial charge in [-0.25, -0.2) is 4.98 Å². The van der Waals surface area contributed by atoms with Gasteiger partial charge < -0.3 is 16.0 Å². The molecular formula is C20H34IN7. The van der Waals surface area contributed by atoms with Crippen molar-refractivity contribution in [1.29, 1.82) is 0 Å². The first kappa shape index (κ1) is 24.2. The predicted octanol–water partition coefficient (Wildman–Crippen LogP) is 3.35. The summed E-state index contributed by atoms with van der Waals surface area (Å²) in [5.41, 5.74) is 2.28. The third kappa shape index (κ3) is 9.38. The lowest BCUT2D eigenvalue weighted by Gasteiger charge is -2.11. The number of aryl methyl sites for hydroxylation is 3. The highest BCUT2D eigenvalue weighted by molar-refractivity contribution is 14.0. The van der Waals surface area contributed by atoms with Gasteiger partial charge in [-0.3, -0.25) is 9.67 Å². The standard InChI is InChI=1S/C20H33N7.HI/c1-4-21-20(25-14-9-15-27-18(3)16-17(2)26-27)24-13-8-7-12-23-19-10-5-6-11-22-19;/h5-6,10-11,16H,4,7-9,12-15H2,1-3H3,(H,22,23)(H2,21,24,25);1H. The van der Waals surface area contributed by atoms with Gasteiger partial charge in [0.15, 0.2) is 5.96 Å². The molecule has 0 radical (unpaired) electrons. The van der Waals surface area contributed by atoms with Crippen molar-refractivity contribution in [2.75, 3.05) is 31.5 Å². The fourth-order valence-corrected chi connectivity index (χ4v) is 2.79. The molecule has 0 spiro atoms. The van der Waals surface area contributed by atoms with E-state index in [0.29, 0.717) is 0 Å². The van der Waals surface area contributed by atoms with Crippen LogP contribution in [0.4, 0.5) is 5.82 Å². The number of aliphatic imine (C=N–C) groups is 1. The van der Waals surface area contributed by atoms with Gasteiger partial charge in [0.1, 0.15) is 5.82 Å². The number of hydrogen-bond acceptors (Lipinski definition) is 4. The van der Waals surface area contributed by atoms with Crippen molar-refractivity contribution in [3.8, 4) is 0 Å². The molecule has 156 valence electrons. The summed E-state index contributed by atoms with van der Waals surface area (Å²) in [7, 11) is 0. The topological polar surface area (TPSA) is 79.2 Å². The molecule has 0 atom stereocenters. The Morgan fingerprint density at radius 3 is 2.61 bits per heavy atom. The molecule has 0 amide bonds. The molecule has 0 aliphatic heterocycles. The van der Waals surface area contributed by atoms with Gasteiger partial charge >= 0.3 is 0 Å². The largest absolute Gasteiger partial charge is 0.370 e. The number of rotatable bonds is 11. The summed E-state index contributed by atoms with van der Waals surface area (Å²) in [4.78, 5) is 8.92. The third-order valence-corrected chi connectivity index (χ3v) is 4.11. The van der Waals surface area contributed by atoms with Crippen LogP contribution in [0.15, 0.2) is 35.5 Å². The number of pyridine rings is 1. The monoisotopic (exact) mass is 499 g/mol. The molecule has 7 nitrogen and oxygen atoms in total. The molecule has 0 unspecified atom stereocenters. The average Bonchev–Trinajstić information content (AvgIpc) is 2.99. The fraction of sp³-hybridized carbons (Fsp3) is 0.550. The molecule has 2 aromatic rings. The highest BCUT2D eigenvalue weighted by atomic mass is 127. The van der Waals surface area contributed by atoms with Crippen LogP contribution in [0, 0.1) is 13.8 Å². The van der Waals surface area contributed by atoms with Crippen LogP contribution in [-0.2, 0) is 6.54 Å². The number of guanidine groups is 1. The Morgan fingerprint density at radius 2 is 1.93 bits per heavy atom. The van der Waals surface area contributed by atoms with Crippen LogP contribution >= 0.6 is 24.0 Å². The van der Waals surface area contributed by atoms with Crippen molar-refractivity contribution in [2.24, 2.45) is 4.99 Å². The SMILES string of the molecule is CCNC(=NCCCn1nc(C)cc1C)NCCCCNc1ccccn1.I. The molecule has 2 rings (SSSR count). The zero-order chi connectivity index (χ0) is 19.3. The van der Waals surface area contributed by atoms with E-state index in [9.17, 15) is 0 Å². The first-order valence-corrected chi connectivity index (χ1v) is 9.87. The highest BCUT2D eigenvalue weighted by Crippen LogP contribution is 2.03. The Bertz CT molecular complexity index is 685. The molecule has 2 heterocycles. The molecule has 0 aliphatic rings. The third-order valence-electron chi connectivity index (χ3n) is 4.11. The minimum absolute atomic E-state index is 0. The number of halogens is 1. The molecule has 8 heteroatoms. The van der Waals surface area contributed by atoms with Gasteiger partial charge in [-0.15, -0.1) is 24.0 Å². The number of aromatic nitrogens is 3. The van der Waals surface area contributed by atoms with Gasteiger partial charge in [-0.05, 0) is 58.2 Å². The van der Waals surface area contributed by atoms with Gasteiger partial charge in [-0.1, -0.05) is 6.07 Å². The summed E-state index contributed by atoms with van der Waals surface area (Å²) in [5.74, 6) is 1.83.